The Labute approximate surface area is 219 Å². The van der Waals surface area contributed by atoms with E-state index in [9.17, 15) is 9.59 Å². The first-order valence-electron chi connectivity index (χ1n) is 13.4. The molecule has 1 saturated heterocycles. The number of rotatable bonds is 8. The molecule has 0 spiro atoms. The fourth-order valence-corrected chi connectivity index (χ4v) is 4.99. The zero-order valence-corrected chi connectivity index (χ0v) is 22.8. The molecule has 2 aromatic rings. The second-order valence-electron chi connectivity index (χ2n) is 11.4. The molecule has 0 aromatic carbocycles. The van der Waals surface area contributed by atoms with Gasteiger partial charge in [0.25, 0.3) is 5.91 Å². The highest BCUT2D eigenvalue weighted by Crippen LogP contribution is 2.37. The molecule has 4 rings (SSSR count). The highest BCUT2D eigenvalue weighted by Gasteiger charge is 2.32. The molecular formula is C26H42N8O3. The molecule has 3 heterocycles. The minimum Gasteiger partial charge on any atom is -0.446 e. The van der Waals surface area contributed by atoms with Crippen molar-refractivity contribution in [2.45, 2.75) is 84.0 Å². The van der Waals surface area contributed by atoms with Crippen molar-refractivity contribution in [3.05, 3.63) is 29.7 Å². The zero-order valence-electron chi connectivity index (χ0n) is 22.8. The predicted molar refractivity (Wildman–Crippen MR) is 142 cm³/mol. The largest absolute Gasteiger partial charge is 0.446 e. The maximum absolute atomic E-state index is 13.3. The van der Waals surface area contributed by atoms with Crippen molar-refractivity contribution in [3.8, 4) is 0 Å². The number of hydrogen-bond donors (Lipinski definition) is 3. The third-order valence-electron chi connectivity index (χ3n) is 6.88. The van der Waals surface area contributed by atoms with Crippen molar-refractivity contribution in [3.63, 3.8) is 0 Å². The van der Waals surface area contributed by atoms with Gasteiger partial charge in [-0.25, -0.2) is 9.48 Å². The summed E-state index contributed by atoms with van der Waals surface area (Å²) in [6.07, 6.45) is 3.57. The topological polar surface area (TPSA) is 118 Å². The molecule has 0 unspecified atom stereocenters. The van der Waals surface area contributed by atoms with Crippen LogP contribution in [0.2, 0.25) is 0 Å². The molecule has 2 aliphatic rings. The number of amides is 2. The molecule has 204 valence electrons. The van der Waals surface area contributed by atoms with Gasteiger partial charge in [-0.3, -0.25) is 14.4 Å². The monoisotopic (exact) mass is 514 g/mol. The second-order valence-corrected chi connectivity index (χ2v) is 11.4. The van der Waals surface area contributed by atoms with Crippen molar-refractivity contribution in [1.29, 1.82) is 0 Å². The molecule has 37 heavy (non-hydrogen) atoms. The number of nitrogens with zero attached hydrogens (tertiary/aromatic N) is 5. The van der Waals surface area contributed by atoms with Crippen LogP contribution in [0.1, 0.15) is 76.0 Å². The van der Waals surface area contributed by atoms with E-state index < -0.39 is 0 Å². The van der Waals surface area contributed by atoms with Gasteiger partial charge in [0.05, 0.1) is 17.8 Å². The van der Waals surface area contributed by atoms with E-state index in [1.807, 2.05) is 24.6 Å². The van der Waals surface area contributed by atoms with Crippen LogP contribution in [0.3, 0.4) is 0 Å². The number of ether oxygens (including phenoxy) is 1. The molecular weight excluding hydrogens is 472 g/mol. The molecule has 2 amide bonds. The summed E-state index contributed by atoms with van der Waals surface area (Å²) >= 11 is 0. The van der Waals surface area contributed by atoms with Gasteiger partial charge in [-0.05, 0) is 59.9 Å². The summed E-state index contributed by atoms with van der Waals surface area (Å²) in [7, 11) is 0. The number of anilines is 1. The molecule has 1 aliphatic heterocycles. The molecule has 2 atom stereocenters. The molecule has 2 aromatic heterocycles. The summed E-state index contributed by atoms with van der Waals surface area (Å²) in [4.78, 5) is 27.7. The summed E-state index contributed by atoms with van der Waals surface area (Å²) in [6, 6.07) is 3.76. The summed E-state index contributed by atoms with van der Waals surface area (Å²) in [6.45, 7) is 15.5. The first-order chi connectivity index (χ1) is 17.6. The average Bonchev–Trinajstić information content (AvgIpc) is 3.57. The zero-order chi connectivity index (χ0) is 26.6. The highest BCUT2D eigenvalue weighted by atomic mass is 16.6. The van der Waals surface area contributed by atoms with Crippen LogP contribution in [0, 0.1) is 0 Å². The molecule has 2 fully saturated rings. The fourth-order valence-electron chi connectivity index (χ4n) is 4.99. The van der Waals surface area contributed by atoms with Gasteiger partial charge >= 0.3 is 6.09 Å². The average molecular weight is 515 g/mol. The minimum atomic E-state index is -0.373. The van der Waals surface area contributed by atoms with Gasteiger partial charge in [0, 0.05) is 56.9 Å². The Bertz CT molecular complexity index is 1060. The Morgan fingerprint density at radius 1 is 1.19 bits per heavy atom. The van der Waals surface area contributed by atoms with Gasteiger partial charge in [-0.15, -0.1) is 0 Å². The molecule has 11 heteroatoms. The van der Waals surface area contributed by atoms with E-state index >= 15 is 0 Å². The number of alkyl carbamates (subject to hydrolysis) is 1. The maximum atomic E-state index is 13.3. The standard InChI is InChI=1S/C26H42N8O3/c1-18(2)29-25(36)37-20-7-6-19(16-20)21-17-23(34(31-21)26(3,4)5)30-24(35)22-8-9-28-33(22)15-14-32-12-10-27-11-13-32/h8-9,17-20,27H,6-7,10-16H2,1-5H3,(H,29,36)(H,30,35)/t19-,20+/m0/s1. The lowest BCUT2D eigenvalue weighted by Gasteiger charge is -2.27. The van der Waals surface area contributed by atoms with E-state index in [1.54, 1.807) is 16.9 Å². The first-order valence-corrected chi connectivity index (χ1v) is 13.4. The third kappa shape index (κ3) is 7.10. The second kappa shape index (κ2) is 11.6. The lowest BCUT2D eigenvalue weighted by molar-refractivity contribution is 0.0979. The quantitative estimate of drug-likeness (QED) is 0.496. The Hall–Kier alpha value is -2.92. The Morgan fingerprint density at radius 3 is 2.65 bits per heavy atom. The van der Waals surface area contributed by atoms with Crippen molar-refractivity contribution in [2.24, 2.45) is 0 Å². The third-order valence-corrected chi connectivity index (χ3v) is 6.88. The summed E-state index contributed by atoms with van der Waals surface area (Å²) in [5.74, 6) is 0.623. The van der Waals surface area contributed by atoms with E-state index in [0.717, 1.165) is 57.7 Å². The number of piperazine rings is 1. The smallest absolute Gasteiger partial charge is 0.407 e. The maximum Gasteiger partial charge on any atom is 0.407 e. The van der Waals surface area contributed by atoms with Crippen LogP contribution in [-0.2, 0) is 16.8 Å². The van der Waals surface area contributed by atoms with E-state index in [4.69, 9.17) is 9.84 Å². The van der Waals surface area contributed by atoms with Crippen LogP contribution in [-0.4, -0.2) is 81.3 Å². The van der Waals surface area contributed by atoms with E-state index in [0.29, 0.717) is 18.1 Å². The summed E-state index contributed by atoms with van der Waals surface area (Å²) < 4.78 is 9.25. The van der Waals surface area contributed by atoms with E-state index in [2.05, 4.69) is 46.7 Å². The van der Waals surface area contributed by atoms with Crippen LogP contribution in [0.15, 0.2) is 18.3 Å². The van der Waals surface area contributed by atoms with Gasteiger partial charge in [-0.2, -0.15) is 10.2 Å². The lowest BCUT2D eigenvalue weighted by atomic mass is 10.0. The predicted octanol–water partition coefficient (Wildman–Crippen LogP) is 2.76. The Morgan fingerprint density at radius 2 is 1.95 bits per heavy atom. The van der Waals surface area contributed by atoms with E-state index in [1.165, 1.54) is 0 Å². The lowest BCUT2D eigenvalue weighted by Crippen LogP contribution is -2.44. The minimum absolute atomic E-state index is 0.0386. The van der Waals surface area contributed by atoms with Crippen LogP contribution in [0.4, 0.5) is 10.6 Å². The number of carbonyl (C=O) groups is 2. The number of nitrogens with one attached hydrogen (secondary N) is 3. The van der Waals surface area contributed by atoms with Gasteiger partial charge < -0.3 is 20.7 Å². The van der Waals surface area contributed by atoms with Crippen LogP contribution < -0.4 is 16.0 Å². The summed E-state index contributed by atoms with van der Waals surface area (Å²) in [5, 5.41) is 18.5. The molecule has 0 radical (unpaired) electrons. The Kier molecular flexibility index (Phi) is 8.53. The number of hydrogen-bond acceptors (Lipinski definition) is 7. The van der Waals surface area contributed by atoms with E-state index in [-0.39, 0.29) is 35.6 Å². The van der Waals surface area contributed by atoms with Crippen LogP contribution in [0.25, 0.3) is 0 Å². The number of aromatic nitrogens is 4. The first kappa shape index (κ1) is 27.1. The van der Waals surface area contributed by atoms with Gasteiger partial charge in [0.1, 0.15) is 17.6 Å². The molecule has 1 aliphatic carbocycles. The molecule has 1 saturated carbocycles. The Balaban J connectivity index is 1.43. The van der Waals surface area contributed by atoms with Crippen LogP contribution in [0.5, 0.6) is 0 Å². The normalized spacial score (nSPS) is 20.8. The van der Waals surface area contributed by atoms with Crippen molar-refractivity contribution >= 4 is 17.8 Å². The van der Waals surface area contributed by atoms with Crippen molar-refractivity contribution < 1.29 is 14.3 Å². The van der Waals surface area contributed by atoms with Crippen molar-refractivity contribution in [1.82, 2.24) is 35.1 Å². The molecule has 3 N–H and O–H groups in total. The number of carbonyl (C=O) groups excluding carboxylic acids is 2. The van der Waals surface area contributed by atoms with Gasteiger partial charge in [0.2, 0.25) is 0 Å². The highest BCUT2D eigenvalue weighted by molar-refractivity contribution is 6.02. The molecule has 11 nitrogen and oxygen atoms in total. The van der Waals surface area contributed by atoms with Gasteiger partial charge in [-0.1, -0.05) is 0 Å². The SMILES string of the molecule is CC(C)NC(=O)O[C@@H]1CC[C@H](c2cc(NC(=O)c3ccnn3CCN3CCNCC3)n(C(C)(C)C)n2)C1. The van der Waals surface area contributed by atoms with Crippen LogP contribution >= 0.6 is 0 Å². The van der Waals surface area contributed by atoms with Crippen molar-refractivity contribution in [2.75, 3.05) is 38.0 Å². The molecule has 0 bridgehead atoms. The van der Waals surface area contributed by atoms with Gasteiger partial charge in [0.15, 0.2) is 0 Å². The fraction of sp³-hybridized carbons (Fsp3) is 0.692. The summed E-state index contributed by atoms with van der Waals surface area (Å²) in [5.41, 5.74) is 1.12.